The van der Waals surface area contributed by atoms with Crippen molar-refractivity contribution in [1.29, 1.82) is 0 Å². The summed E-state index contributed by atoms with van der Waals surface area (Å²) in [5.41, 5.74) is -0.581. The molecule has 0 amide bonds. The Balaban J connectivity index is 3.21. The Labute approximate surface area is 83.2 Å². The summed E-state index contributed by atoms with van der Waals surface area (Å²) in [5, 5.41) is 0. The predicted octanol–water partition coefficient (Wildman–Crippen LogP) is 3.68. The Morgan fingerprint density at radius 2 is 1.92 bits per heavy atom. The molecule has 1 nitrogen and oxygen atoms in total. The van der Waals surface area contributed by atoms with Crippen LogP contribution in [0.4, 0.5) is 13.2 Å². The third kappa shape index (κ3) is 1.98. The van der Waals surface area contributed by atoms with Crippen LogP contribution in [0.3, 0.4) is 0 Å². The fourth-order valence-corrected chi connectivity index (χ4v) is 1.20. The van der Waals surface area contributed by atoms with Crippen molar-refractivity contribution >= 4 is 31.9 Å². The van der Waals surface area contributed by atoms with Gasteiger partial charge < -0.3 is 0 Å². The lowest BCUT2D eigenvalue weighted by atomic mass is 10.4. The molecule has 1 aromatic rings. The lowest BCUT2D eigenvalue weighted by molar-refractivity contribution is 0.144. The molecule has 0 radical (unpaired) electrons. The van der Waals surface area contributed by atoms with Gasteiger partial charge in [-0.2, -0.15) is 4.39 Å². The Morgan fingerprint density at radius 1 is 1.33 bits per heavy atom. The van der Waals surface area contributed by atoms with Gasteiger partial charge in [-0.25, -0.2) is 13.8 Å². The van der Waals surface area contributed by atoms with Crippen molar-refractivity contribution in [2.24, 2.45) is 0 Å². The number of hydrogen-bond donors (Lipinski definition) is 0. The minimum Gasteiger partial charge on any atom is -0.218 e. The number of halogens is 5. The second-order valence-corrected chi connectivity index (χ2v) is 3.58. The molecule has 0 aliphatic heterocycles. The molecule has 0 bridgehead atoms. The number of aromatic nitrogens is 1. The van der Waals surface area contributed by atoms with Crippen molar-refractivity contribution in [3.8, 4) is 0 Å². The van der Waals surface area contributed by atoms with Crippen LogP contribution in [-0.4, -0.2) is 4.98 Å². The van der Waals surface area contributed by atoms with Crippen LogP contribution in [0.25, 0.3) is 0 Å². The van der Waals surface area contributed by atoms with Crippen molar-refractivity contribution < 1.29 is 13.2 Å². The largest absolute Gasteiger partial charge is 0.280 e. The number of pyridine rings is 1. The van der Waals surface area contributed by atoms with Crippen molar-refractivity contribution in [3.63, 3.8) is 0 Å². The molecule has 0 saturated heterocycles. The summed E-state index contributed by atoms with van der Waals surface area (Å²) < 4.78 is 36.9. The summed E-state index contributed by atoms with van der Waals surface area (Å²) in [6.07, 6.45) is -2.76. The quantitative estimate of drug-likeness (QED) is 0.721. The minimum absolute atomic E-state index is 0.0481. The van der Waals surface area contributed by atoms with Crippen LogP contribution >= 0.6 is 31.9 Å². The lowest BCUT2D eigenvalue weighted by Crippen LogP contribution is -1.94. The molecule has 0 aliphatic carbocycles. The molecule has 0 N–H and O–H groups in total. The molecule has 0 aromatic carbocycles. The summed E-state index contributed by atoms with van der Waals surface area (Å²) in [5.74, 6) is -0.945. The molecule has 1 heterocycles. The van der Waals surface area contributed by atoms with Crippen molar-refractivity contribution in [1.82, 2.24) is 4.98 Å². The van der Waals surface area contributed by atoms with Gasteiger partial charge in [0, 0.05) is 4.47 Å². The summed E-state index contributed by atoms with van der Waals surface area (Å²) in [6.45, 7) is 0. The Bertz CT molecular complexity index is 280. The first-order chi connectivity index (χ1) is 5.52. The summed E-state index contributed by atoms with van der Waals surface area (Å²) in [6, 6.07) is 1.07. The standard InChI is InChI=1S/C6H2Br2F3N/c7-2-1-3(5(9)10)12-6(11)4(2)8/h1,5H. The summed E-state index contributed by atoms with van der Waals surface area (Å²) >= 11 is 5.74. The van der Waals surface area contributed by atoms with E-state index in [-0.39, 0.29) is 8.95 Å². The maximum atomic E-state index is 12.7. The van der Waals surface area contributed by atoms with E-state index in [1.54, 1.807) is 0 Å². The van der Waals surface area contributed by atoms with Crippen molar-refractivity contribution in [3.05, 3.63) is 26.7 Å². The van der Waals surface area contributed by atoms with Gasteiger partial charge in [0.05, 0.1) is 4.47 Å². The zero-order valence-electron chi connectivity index (χ0n) is 5.49. The molecule has 12 heavy (non-hydrogen) atoms. The Kier molecular flexibility index (Phi) is 3.11. The first kappa shape index (κ1) is 9.98. The van der Waals surface area contributed by atoms with E-state index < -0.39 is 18.1 Å². The predicted molar refractivity (Wildman–Crippen MR) is 44.6 cm³/mol. The third-order valence-corrected chi connectivity index (χ3v) is 3.03. The molecule has 0 fully saturated rings. The smallest absolute Gasteiger partial charge is 0.218 e. The zero-order valence-corrected chi connectivity index (χ0v) is 8.66. The van der Waals surface area contributed by atoms with Gasteiger partial charge >= 0.3 is 0 Å². The van der Waals surface area contributed by atoms with E-state index in [9.17, 15) is 13.2 Å². The van der Waals surface area contributed by atoms with Crippen molar-refractivity contribution in [2.75, 3.05) is 0 Å². The van der Waals surface area contributed by atoms with E-state index in [4.69, 9.17) is 0 Å². The topological polar surface area (TPSA) is 12.9 Å². The number of rotatable bonds is 1. The lowest BCUT2D eigenvalue weighted by Gasteiger charge is -2.01. The molecule has 0 atom stereocenters. The van der Waals surface area contributed by atoms with Gasteiger partial charge in [-0.05, 0) is 37.9 Å². The van der Waals surface area contributed by atoms with Gasteiger partial charge in [0.2, 0.25) is 5.95 Å². The first-order valence-electron chi connectivity index (χ1n) is 2.82. The van der Waals surface area contributed by atoms with E-state index in [0.717, 1.165) is 6.07 Å². The highest BCUT2D eigenvalue weighted by atomic mass is 79.9. The minimum atomic E-state index is -2.76. The monoisotopic (exact) mass is 303 g/mol. The van der Waals surface area contributed by atoms with Crippen LogP contribution in [-0.2, 0) is 0 Å². The number of nitrogens with zero attached hydrogens (tertiary/aromatic N) is 1. The van der Waals surface area contributed by atoms with Gasteiger partial charge in [-0.15, -0.1) is 0 Å². The average molecular weight is 305 g/mol. The molecule has 66 valence electrons. The SMILES string of the molecule is Fc1nc(C(F)F)cc(Br)c1Br. The molecule has 0 unspecified atom stereocenters. The molecule has 0 spiro atoms. The molecule has 1 rings (SSSR count). The van der Waals surface area contributed by atoms with Gasteiger partial charge in [0.25, 0.3) is 6.43 Å². The van der Waals surface area contributed by atoms with E-state index >= 15 is 0 Å². The molecule has 0 aliphatic rings. The van der Waals surface area contributed by atoms with Gasteiger partial charge in [-0.3, -0.25) is 0 Å². The summed E-state index contributed by atoms with van der Waals surface area (Å²) in [4.78, 5) is 3.04. The number of hydrogen-bond acceptors (Lipinski definition) is 1. The van der Waals surface area contributed by atoms with E-state index in [1.165, 1.54) is 0 Å². The second-order valence-electron chi connectivity index (χ2n) is 1.93. The second kappa shape index (κ2) is 3.74. The first-order valence-corrected chi connectivity index (χ1v) is 4.40. The highest BCUT2D eigenvalue weighted by molar-refractivity contribution is 9.13. The summed E-state index contributed by atoms with van der Waals surface area (Å²) in [7, 11) is 0. The van der Waals surface area contributed by atoms with E-state index in [0.29, 0.717) is 0 Å². The number of alkyl halides is 2. The molecule has 0 saturated carbocycles. The van der Waals surface area contributed by atoms with Gasteiger partial charge in [-0.1, -0.05) is 0 Å². The van der Waals surface area contributed by atoms with Crippen molar-refractivity contribution in [2.45, 2.75) is 6.43 Å². The van der Waals surface area contributed by atoms with Gasteiger partial charge in [0.1, 0.15) is 5.69 Å². The highest BCUT2D eigenvalue weighted by Crippen LogP contribution is 2.28. The van der Waals surface area contributed by atoms with Crippen LogP contribution in [0.1, 0.15) is 12.1 Å². The van der Waals surface area contributed by atoms with Gasteiger partial charge in [0.15, 0.2) is 0 Å². The molecular weight excluding hydrogens is 303 g/mol. The Hall–Kier alpha value is -0.100. The molecular formula is C6H2Br2F3N. The van der Waals surface area contributed by atoms with E-state index in [1.807, 2.05) is 0 Å². The van der Waals surface area contributed by atoms with Crippen LogP contribution in [0.5, 0.6) is 0 Å². The third-order valence-electron chi connectivity index (χ3n) is 1.12. The fourth-order valence-electron chi connectivity index (χ4n) is 0.598. The van der Waals surface area contributed by atoms with E-state index in [2.05, 4.69) is 36.8 Å². The highest BCUT2D eigenvalue weighted by Gasteiger charge is 2.14. The van der Waals surface area contributed by atoms with Crippen LogP contribution < -0.4 is 0 Å². The maximum absolute atomic E-state index is 12.7. The zero-order chi connectivity index (χ0) is 9.30. The fraction of sp³-hybridized carbons (Fsp3) is 0.167. The normalized spacial score (nSPS) is 10.8. The molecule has 6 heteroatoms. The molecule has 1 aromatic heterocycles. The maximum Gasteiger partial charge on any atom is 0.280 e. The average Bonchev–Trinajstić information content (AvgIpc) is 1.99. The van der Waals surface area contributed by atoms with Crippen LogP contribution in [0, 0.1) is 5.95 Å². The Morgan fingerprint density at radius 3 is 2.33 bits per heavy atom. The van der Waals surface area contributed by atoms with Crippen LogP contribution in [0.2, 0.25) is 0 Å². The van der Waals surface area contributed by atoms with Crippen LogP contribution in [0.15, 0.2) is 15.0 Å².